The van der Waals surface area contributed by atoms with Crippen molar-refractivity contribution < 1.29 is 14.6 Å². The Morgan fingerprint density at radius 2 is 2.03 bits per heavy atom. The predicted molar refractivity (Wildman–Crippen MR) is 117 cm³/mol. The number of aliphatic hydroxyl groups is 1. The lowest BCUT2D eigenvalue weighted by molar-refractivity contribution is 0.0500. The Labute approximate surface area is 174 Å². The number of carbonyl (C=O) groups excluding carboxylic acids is 1. The van der Waals surface area contributed by atoms with Crippen molar-refractivity contribution >= 4 is 34.1 Å². The number of nitrogens with zero attached hydrogens (tertiary/aromatic N) is 2. The molecule has 0 radical (unpaired) electrons. The summed E-state index contributed by atoms with van der Waals surface area (Å²) in [5.74, 6) is 0.350. The van der Waals surface area contributed by atoms with E-state index in [1.807, 2.05) is 32.0 Å². The van der Waals surface area contributed by atoms with Crippen molar-refractivity contribution in [2.24, 2.45) is 0 Å². The summed E-state index contributed by atoms with van der Waals surface area (Å²) in [5, 5.41) is 19.1. The number of aromatic nitrogens is 2. The summed E-state index contributed by atoms with van der Waals surface area (Å²) < 4.78 is 5.23. The van der Waals surface area contributed by atoms with E-state index in [0.717, 1.165) is 29.4 Å². The average Bonchev–Trinajstić information content (AvgIpc) is 3.27. The lowest BCUT2D eigenvalue weighted by Crippen LogP contribution is -2.26. The first-order valence-corrected chi connectivity index (χ1v) is 10.0. The Bertz CT molecular complexity index is 1140. The van der Waals surface area contributed by atoms with Crippen molar-refractivity contribution in [1.29, 1.82) is 5.41 Å². The van der Waals surface area contributed by atoms with Crippen LogP contribution in [0.25, 0.3) is 16.6 Å². The van der Waals surface area contributed by atoms with Gasteiger partial charge in [-0.2, -0.15) is 0 Å². The molecular weight excluding hydrogens is 380 g/mol. The standard InChI is InChI=1S/C23H24N4O3/c1-3-4-11-30-23(29)15-6-8-16(9-7-15)27-13-19(28)20(21(27)24)22-25-17-10-5-14(2)12-18(17)26-22/h5-10,12,24,28H,3-4,11,13H2,1-2H3,(H,25,26). The number of hydrogen-bond acceptors (Lipinski definition) is 5. The summed E-state index contributed by atoms with van der Waals surface area (Å²) in [5.41, 5.74) is 4.30. The molecule has 1 aliphatic rings. The molecule has 0 unspecified atom stereocenters. The summed E-state index contributed by atoms with van der Waals surface area (Å²) >= 11 is 0. The van der Waals surface area contributed by atoms with Crippen molar-refractivity contribution in [2.75, 3.05) is 18.1 Å². The van der Waals surface area contributed by atoms with Crippen LogP contribution in [0.3, 0.4) is 0 Å². The first-order chi connectivity index (χ1) is 14.5. The molecule has 7 heteroatoms. The molecule has 0 spiro atoms. The van der Waals surface area contributed by atoms with E-state index in [-0.39, 0.29) is 24.1 Å². The summed E-state index contributed by atoms with van der Waals surface area (Å²) in [7, 11) is 0. The smallest absolute Gasteiger partial charge is 0.338 e. The molecule has 2 heterocycles. The molecule has 2 aromatic carbocycles. The van der Waals surface area contributed by atoms with E-state index in [0.29, 0.717) is 29.3 Å². The number of nitrogens with one attached hydrogen (secondary N) is 2. The number of esters is 1. The Balaban J connectivity index is 1.53. The molecule has 1 aromatic heterocycles. The van der Waals surface area contributed by atoms with Crippen LogP contribution in [0.5, 0.6) is 0 Å². The summed E-state index contributed by atoms with van der Waals surface area (Å²) in [4.78, 5) is 21.5. The number of fused-ring (bicyclic) bond motifs is 1. The molecule has 7 nitrogen and oxygen atoms in total. The molecule has 4 rings (SSSR count). The molecule has 0 fully saturated rings. The summed E-state index contributed by atoms with van der Waals surface area (Å²) in [6, 6.07) is 12.7. The number of anilines is 1. The number of aryl methyl sites for hydroxylation is 1. The van der Waals surface area contributed by atoms with Crippen LogP contribution in [0.2, 0.25) is 0 Å². The van der Waals surface area contributed by atoms with Gasteiger partial charge in [-0.15, -0.1) is 0 Å². The number of rotatable bonds is 6. The number of amidine groups is 1. The predicted octanol–water partition coefficient (Wildman–Crippen LogP) is 4.59. The number of hydrogen-bond donors (Lipinski definition) is 3. The van der Waals surface area contributed by atoms with Crippen molar-refractivity contribution in [3.05, 3.63) is 65.2 Å². The number of aromatic amines is 1. The Morgan fingerprint density at radius 1 is 1.27 bits per heavy atom. The van der Waals surface area contributed by atoms with E-state index in [2.05, 4.69) is 9.97 Å². The maximum Gasteiger partial charge on any atom is 0.338 e. The second kappa shape index (κ2) is 8.02. The van der Waals surface area contributed by atoms with Gasteiger partial charge in [-0.1, -0.05) is 19.4 Å². The fraction of sp³-hybridized carbons (Fsp3) is 0.261. The van der Waals surface area contributed by atoms with Crippen molar-refractivity contribution in [1.82, 2.24) is 9.97 Å². The van der Waals surface area contributed by atoms with Crippen LogP contribution in [0.4, 0.5) is 5.69 Å². The van der Waals surface area contributed by atoms with Crippen LogP contribution in [-0.4, -0.2) is 40.0 Å². The number of H-pyrrole nitrogens is 1. The summed E-state index contributed by atoms with van der Waals surface area (Å²) in [6.07, 6.45) is 1.80. The molecule has 0 atom stereocenters. The van der Waals surface area contributed by atoms with Gasteiger partial charge in [0, 0.05) is 5.69 Å². The fourth-order valence-corrected chi connectivity index (χ4v) is 3.46. The van der Waals surface area contributed by atoms with Gasteiger partial charge in [-0.25, -0.2) is 9.78 Å². The van der Waals surface area contributed by atoms with E-state index in [9.17, 15) is 9.90 Å². The highest BCUT2D eigenvalue weighted by atomic mass is 16.5. The van der Waals surface area contributed by atoms with Crippen molar-refractivity contribution in [3.63, 3.8) is 0 Å². The monoisotopic (exact) mass is 404 g/mol. The Hall–Kier alpha value is -3.61. The number of aliphatic hydroxyl groups excluding tert-OH is 1. The molecule has 30 heavy (non-hydrogen) atoms. The lowest BCUT2D eigenvalue weighted by Gasteiger charge is -2.18. The minimum atomic E-state index is -0.356. The minimum absolute atomic E-state index is 0.0822. The highest BCUT2D eigenvalue weighted by Crippen LogP contribution is 2.31. The minimum Gasteiger partial charge on any atom is -0.509 e. The highest BCUT2D eigenvalue weighted by Gasteiger charge is 2.31. The molecule has 1 aliphatic heterocycles. The van der Waals surface area contributed by atoms with Gasteiger partial charge in [-0.05, 0) is 55.3 Å². The molecule has 0 saturated carbocycles. The second-order valence-corrected chi connectivity index (χ2v) is 7.40. The SMILES string of the molecule is CCCCOC(=O)c1ccc(N2CC(O)=C(c3nc4ccc(C)cc4[nH]3)C2=N)cc1. The van der Waals surface area contributed by atoms with Crippen molar-refractivity contribution in [3.8, 4) is 0 Å². The zero-order chi connectivity index (χ0) is 21.3. The largest absolute Gasteiger partial charge is 0.509 e. The number of benzene rings is 2. The van der Waals surface area contributed by atoms with Gasteiger partial charge in [0.25, 0.3) is 0 Å². The van der Waals surface area contributed by atoms with E-state index in [1.54, 1.807) is 29.2 Å². The number of unbranched alkanes of at least 4 members (excludes halogenated alkanes) is 1. The molecule has 3 aromatic rings. The maximum atomic E-state index is 12.1. The van der Waals surface area contributed by atoms with Crippen LogP contribution >= 0.6 is 0 Å². The lowest BCUT2D eigenvalue weighted by atomic mass is 10.2. The molecule has 0 amide bonds. The van der Waals surface area contributed by atoms with Gasteiger partial charge in [0.05, 0.1) is 35.3 Å². The normalized spacial score (nSPS) is 14.1. The van der Waals surface area contributed by atoms with Crippen molar-refractivity contribution in [2.45, 2.75) is 26.7 Å². The average molecular weight is 404 g/mol. The van der Waals surface area contributed by atoms with Gasteiger partial charge < -0.3 is 19.7 Å². The highest BCUT2D eigenvalue weighted by molar-refractivity contribution is 6.30. The molecular formula is C23H24N4O3. The van der Waals surface area contributed by atoms with E-state index in [4.69, 9.17) is 10.1 Å². The molecule has 0 aliphatic carbocycles. The van der Waals surface area contributed by atoms with Gasteiger partial charge >= 0.3 is 5.97 Å². The van der Waals surface area contributed by atoms with Crippen LogP contribution in [-0.2, 0) is 4.74 Å². The third-order valence-electron chi connectivity index (χ3n) is 5.12. The Morgan fingerprint density at radius 3 is 2.77 bits per heavy atom. The first kappa shape index (κ1) is 19.7. The quantitative estimate of drug-likeness (QED) is 0.412. The Kier molecular flexibility index (Phi) is 5.27. The van der Waals surface area contributed by atoms with E-state index in [1.165, 1.54) is 0 Å². The number of ether oxygens (including phenoxy) is 1. The fourth-order valence-electron chi connectivity index (χ4n) is 3.46. The topological polar surface area (TPSA) is 102 Å². The van der Waals surface area contributed by atoms with Crippen LogP contribution in [0.15, 0.2) is 48.2 Å². The van der Waals surface area contributed by atoms with Gasteiger partial charge in [0.15, 0.2) is 0 Å². The second-order valence-electron chi connectivity index (χ2n) is 7.40. The van der Waals surface area contributed by atoms with E-state index >= 15 is 0 Å². The van der Waals surface area contributed by atoms with E-state index < -0.39 is 0 Å². The summed E-state index contributed by atoms with van der Waals surface area (Å²) in [6.45, 7) is 4.62. The number of carbonyl (C=O) groups is 1. The molecule has 0 bridgehead atoms. The molecule has 3 N–H and O–H groups in total. The van der Waals surface area contributed by atoms with Gasteiger partial charge in [0.2, 0.25) is 0 Å². The zero-order valence-corrected chi connectivity index (χ0v) is 17.0. The number of imidazole rings is 1. The zero-order valence-electron chi connectivity index (χ0n) is 17.0. The maximum absolute atomic E-state index is 12.1. The third-order valence-corrected chi connectivity index (χ3v) is 5.12. The van der Waals surface area contributed by atoms with Gasteiger partial charge in [0.1, 0.15) is 17.4 Å². The van der Waals surface area contributed by atoms with Crippen LogP contribution in [0, 0.1) is 12.3 Å². The van der Waals surface area contributed by atoms with Crippen LogP contribution < -0.4 is 4.90 Å². The third kappa shape index (κ3) is 3.66. The van der Waals surface area contributed by atoms with Crippen LogP contribution in [0.1, 0.15) is 41.5 Å². The molecule has 0 saturated heterocycles. The first-order valence-electron chi connectivity index (χ1n) is 10.0. The van der Waals surface area contributed by atoms with Gasteiger partial charge in [-0.3, -0.25) is 5.41 Å². The molecule has 154 valence electrons.